The molecule has 1 aliphatic rings. The average molecular weight is 278 g/mol. The van der Waals surface area contributed by atoms with Gasteiger partial charge in [0.1, 0.15) is 5.75 Å². The van der Waals surface area contributed by atoms with Gasteiger partial charge in [-0.1, -0.05) is 13.8 Å². The number of aromatic nitrogens is 1. The second-order valence-corrected chi connectivity index (χ2v) is 5.28. The molecule has 1 aromatic heterocycles. The summed E-state index contributed by atoms with van der Waals surface area (Å²) < 4.78 is 11.4. The molecule has 4 nitrogen and oxygen atoms in total. The SMILES string of the molecule is CCCOc1cncc(C(CC2CCCO2)NCC)c1. The van der Waals surface area contributed by atoms with Crippen LogP contribution in [0, 0.1) is 0 Å². The first-order valence-electron chi connectivity index (χ1n) is 7.76. The fourth-order valence-electron chi connectivity index (χ4n) is 2.60. The predicted molar refractivity (Wildman–Crippen MR) is 80.0 cm³/mol. The Hall–Kier alpha value is -1.13. The molecule has 0 amide bonds. The number of nitrogens with one attached hydrogen (secondary N) is 1. The Kier molecular flexibility index (Phi) is 6.27. The topological polar surface area (TPSA) is 43.4 Å². The Labute approximate surface area is 121 Å². The van der Waals surface area contributed by atoms with Crippen LogP contribution in [0.2, 0.25) is 0 Å². The smallest absolute Gasteiger partial charge is 0.137 e. The Morgan fingerprint density at radius 3 is 3.05 bits per heavy atom. The van der Waals surface area contributed by atoms with Gasteiger partial charge in [-0.2, -0.15) is 0 Å². The molecule has 112 valence electrons. The molecule has 2 atom stereocenters. The summed E-state index contributed by atoms with van der Waals surface area (Å²) in [6.07, 6.45) is 8.46. The summed E-state index contributed by atoms with van der Waals surface area (Å²) in [5.41, 5.74) is 1.19. The van der Waals surface area contributed by atoms with E-state index >= 15 is 0 Å². The molecule has 1 aromatic rings. The van der Waals surface area contributed by atoms with Gasteiger partial charge in [-0.05, 0) is 43.9 Å². The molecule has 0 saturated carbocycles. The fraction of sp³-hybridized carbons (Fsp3) is 0.688. The number of ether oxygens (including phenoxy) is 2. The van der Waals surface area contributed by atoms with Gasteiger partial charge in [0.15, 0.2) is 0 Å². The third-order valence-electron chi connectivity index (χ3n) is 3.58. The van der Waals surface area contributed by atoms with Gasteiger partial charge in [0, 0.05) is 18.8 Å². The molecular weight excluding hydrogens is 252 g/mol. The molecule has 2 unspecified atom stereocenters. The molecule has 1 fully saturated rings. The highest BCUT2D eigenvalue weighted by molar-refractivity contribution is 5.26. The lowest BCUT2D eigenvalue weighted by atomic mass is 10.0. The molecule has 0 aliphatic carbocycles. The lowest BCUT2D eigenvalue weighted by molar-refractivity contribution is 0.0947. The van der Waals surface area contributed by atoms with Crippen molar-refractivity contribution in [1.82, 2.24) is 10.3 Å². The third kappa shape index (κ3) is 4.46. The average Bonchev–Trinajstić information content (AvgIpc) is 2.98. The fourth-order valence-corrected chi connectivity index (χ4v) is 2.60. The largest absolute Gasteiger partial charge is 0.492 e. The minimum atomic E-state index is 0.292. The maximum atomic E-state index is 5.75. The molecule has 0 aromatic carbocycles. The Morgan fingerprint density at radius 1 is 1.45 bits per heavy atom. The van der Waals surface area contributed by atoms with Gasteiger partial charge in [0.25, 0.3) is 0 Å². The molecule has 0 bridgehead atoms. The van der Waals surface area contributed by atoms with Crippen LogP contribution in [0.4, 0.5) is 0 Å². The Balaban J connectivity index is 2.02. The van der Waals surface area contributed by atoms with Crippen LogP contribution in [0.3, 0.4) is 0 Å². The Bertz CT molecular complexity index is 392. The minimum absolute atomic E-state index is 0.292. The molecule has 2 heterocycles. The van der Waals surface area contributed by atoms with Gasteiger partial charge in [0.05, 0.1) is 18.9 Å². The van der Waals surface area contributed by atoms with Gasteiger partial charge < -0.3 is 14.8 Å². The second kappa shape index (κ2) is 8.22. The lowest BCUT2D eigenvalue weighted by Crippen LogP contribution is -2.25. The van der Waals surface area contributed by atoms with E-state index in [1.54, 1.807) is 6.20 Å². The van der Waals surface area contributed by atoms with Crippen LogP contribution in [-0.4, -0.2) is 30.8 Å². The number of hydrogen-bond donors (Lipinski definition) is 1. The zero-order valence-electron chi connectivity index (χ0n) is 12.6. The summed E-state index contributed by atoms with van der Waals surface area (Å²) in [5.74, 6) is 0.861. The van der Waals surface area contributed by atoms with Crippen molar-refractivity contribution in [1.29, 1.82) is 0 Å². The summed E-state index contributed by atoms with van der Waals surface area (Å²) in [6, 6.07) is 2.39. The van der Waals surface area contributed by atoms with Crippen molar-refractivity contribution < 1.29 is 9.47 Å². The van der Waals surface area contributed by atoms with Crippen LogP contribution >= 0.6 is 0 Å². The van der Waals surface area contributed by atoms with Crippen molar-refractivity contribution in [2.24, 2.45) is 0 Å². The number of rotatable bonds is 8. The van der Waals surface area contributed by atoms with Crippen molar-refractivity contribution in [3.8, 4) is 5.75 Å². The van der Waals surface area contributed by atoms with E-state index in [0.717, 1.165) is 38.3 Å². The molecule has 0 spiro atoms. The van der Waals surface area contributed by atoms with Crippen LogP contribution in [0.5, 0.6) is 5.75 Å². The lowest BCUT2D eigenvalue weighted by Gasteiger charge is -2.21. The quantitative estimate of drug-likeness (QED) is 0.793. The predicted octanol–water partition coefficient (Wildman–Crippen LogP) is 3.09. The first-order chi connectivity index (χ1) is 9.83. The summed E-state index contributed by atoms with van der Waals surface area (Å²) >= 11 is 0. The molecule has 20 heavy (non-hydrogen) atoms. The standard InChI is InChI=1S/C16H26N2O2/c1-3-7-19-15-9-13(11-17-12-15)16(18-4-2)10-14-6-5-8-20-14/h9,11-12,14,16,18H,3-8,10H2,1-2H3. The van der Waals surface area contributed by atoms with E-state index in [2.05, 4.69) is 30.2 Å². The van der Waals surface area contributed by atoms with E-state index < -0.39 is 0 Å². The highest BCUT2D eigenvalue weighted by Crippen LogP contribution is 2.26. The van der Waals surface area contributed by atoms with Crippen LogP contribution in [0.15, 0.2) is 18.5 Å². The van der Waals surface area contributed by atoms with Gasteiger partial charge in [-0.15, -0.1) is 0 Å². The van der Waals surface area contributed by atoms with E-state index in [-0.39, 0.29) is 0 Å². The van der Waals surface area contributed by atoms with Crippen molar-refractivity contribution in [3.05, 3.63) is 24.0 Å². The number of pyridine rings is 1. The molecule has 1 saturated heterocycles. The normalized spacial score (nSPS) is 20.0. The zero-order chi connectivity index (χ0) is 14.2. The van der Waals surface area contributed by atoms with E-state index in [9.17, 15) is 0 Å². The molecule has 2 rings (SSSR count). The first-order valence-corrected chi connectivity index (χ1v) is 7.76. The zero-order valence-corrected chi connectivity index (χ0v) is 12.6. The maximum Gasteiger partial charge on any atom is 0.137 e. The van der Waals surface area contributed by atoms with Crippen LogP contribution in [-0.2, 0) is 4.74 Å². The van der Waals surface area contributed by atoms with E-state index in [1.165, 1.54) is 18.4 Å². The van der Waals surface area contributed by atoms with Crippen LogP contribution in [0.1, 0.15) is 51.1 Å². The molecule has 1 N–H and O–H groups in total. The van der Waals surface area contributed by atoms with Gasteiger partial charge in [0.2, 0.25) is 0 Å². The highest BCUT2D eigenvalue weighted by atomic mass is 16.5. The highest BCUT2D eigenvalue weighted by Gasteiger charge is 2.22. The summed E-state index contributed by atoms with van der Waals surface area (Å²) in [7, 11) is 0. The summed E-state index contributed by atoms with van der Waals surface area (Å²) in [5, 5.41) is 3.53. The third-order valence-corrected chi connectivity index (χ3v) is 3.58. The van der Waals surface area contributed by atoms with Gasteiger partial charge in [-0.3, -0.25) is 4.98 Å². The Morgan fingerprint density at radius 2 is 2.35 bits per heavy atom. The summed E-state index contributed by atoms with van der Waals surface area (Å²) in [6.45, 7) is 6.82. The van der Waals surface area contributed by atoms with E-state index in [1.807, 2.05) is 6.20 Å². The second-order valence-electron chi connectivity index (χ2n) is 5.28. The number of nitrogens with zero attached hydrogens (tertiary/aromatic N) is 1. The van der Waals surface area contributed by atoms with Crippen LogP contribution in [0.25, 0.3) is 0 Å². The van der Waals surface area contributed by atoms with Crippen LogP contribution < -0.4 is 10.1 Å². The van der Waals surface area contributed by atoms with Crippen molar-refractivity contribution >= 4 is 0 Å². The molecule has 1 aliphatic heterocycles. The molecular formula is C16H26N2O2. The first kappa shape index (κ1) is 15.3. The van der Waals surface area contributed by atoms with Gasteiger partial charge >= 0.3 is 0 Å². The van der Waals surface area contributed by atoms with Crippen molar-refractivity contribution in [2.45, 2.75) is 51.7 Å². The van der Waals surface area contributed by atoms with Crippen molar-refractivity contribution in [3.63, 3.8) is 0 Å². The number of hydrogen-bond acceptors (Lipinski definition) is 4. The minimum Gasteiger partial charge on any atom is -0.492 e. The van der Waals surface area contributed by atoms with Gasteiger partial charge in [-0.25, -0.2) is 0 Å². The monoisotopic (exact) mass is 278 g/mol. The maximum absolute atomic E-state index is 5.75. The summed E-state index contributed by atoms with van der Waals surface area (Å²) in [4.78, 5) is 4.31. The van der Waals surface area contributed by atoms with E-state index in [0.29, 0.717) is 12.1 Å². The van der Waals surface area contributed by atoms with E-state index in [4.69, 9.17) is 9.47 Å². The molecule has 0 radical (unpaired) electrons. The van der Waals surface area contributed by atoms with Crippen molar-refractivity contribution in [2.75, 3.05) is 19.8 Å². The molecule has 4 heteroatoms.